The van der Waals surface area contributed by atoms with Crippen LogP contribution in [-0.4, -0.2) is 37.4 Å². The van der Waals surface area contributed by atoms with Gasteiger partial charge in [-0.15, -0.1) is 0 Å². The highest BCUT2D eigenvalue weighted by Crippen LogP contribution is 2.34. The Morgan fingerprint density at radius 2 is 1.75 bits per heavy atom. The van der Waals surface area contributed by atoms with Crippen LogP contribution in [0.25, 0.3) is 0 Å². The summed E-state index contributed by atoms with van der Waals surface area (Å²) in [6, 6.07) is 16.2. The fourth-order valence-corrected chi connectivity index (χ4v) is 4.32. The third kappa shape index (κ3) is 5.50. The van der Waals surface area contributed by atoms with E-state index in [0.29, 0.717) is 12.5 Å². The summed E-state index contributed by atoms with van der Waals surface area (Å²) in [6.45, 7) is 3.44. The van der Waals surface area contributed by atoms with Crippen LogP contribution in [0.15, 0.2) is 48.5 Å². The number of anilines is 2. The van der Waals surface area contributed by atoms with E-state index in [1.807, 2.05) is 55.4 Å². The lowest BCUT2D eigenvalue weighted by Gasteiger charge is -2.29. The maximum absolute atomic E-state index is 13.7. The molecule has 2 aliphatic rings. The van der Waals surface area contributed by atoms with Crippen LogP contribution in [0.1, 0.15) is 56.1 Å². The number of nitrogens with zero attached hydrogens (tertiary/aromatic N) is 2. The molecule has 4 rings (SSSR count). The van der Waals surface area contributed by atoms with Crippen molar-refractivity contribution in [3.8, 4) is 0 Å². The largest absolute Gasteiger partial charge is 0.377 e. The first-order chi connectivity index (χ1) is 15.5. The molecule has 0 saturated heterocycles. The second-order valence-electron chi connectivity index (χ2n) is 9.54. The first-order valence-corrected chi connectivity index (χ1v) is 11.9. The van der Waals surface area contributed by atoms with Gasteiger partial charge in [-0.1, -0.05) is 37.3 Å². The van der Waals surface area contributed by atoms with Crippen LogP contribution in [-0.2, 0) is 16.1 Å². The van der Waals surface area contributed by atoms with E-state index < -0.39 is 0 Å². The minimum absolute atomic E-state index is 0.106. The molecule has 1 N–H and O–H groups in total. The molecule has 1 unspecified atom stereocenters. The molecule has 1 atom stereocenters. The standard InChI is InChI=1S/C27H35N3O2/c1-4-24(20-8-6-5-7-9-20)27(32)30(17-19-10-11-19)18-22-16-23(14-15-25(22)29(2)3)28-26(31)21-12-13-21/h5-9,14-16,19,21,24H,4,10-13,17-18H2,1-3H3,(H,28,31). The van der Waals surface area contributed by atoms with Gasteiger partial charge >= 0.3 is 0 Å². The fraction of sp³-hybridized carbons (Fsp3) is 0.481. The summed E-state index contributed by atoms with van der Waals surface area (Å²) in [5.41, 5.74) is 4.05. The Kier molecular flexibility index (Phi) is 6.83. The maximum Gasteiger partial charge on any atom is 0.230 e. The number of rotatable bonds is 10. The van der Waals surface area contributed by atoms with Crippen molar-refractivity contribution in [3.63, 3.8) is 0 Å². The molecule has 2 aromatic carbocycles. The lowest BCUT2D eigenvalue weighted by Crippen LogP contribution is -2.36. The molecule has 2 fully saturated rings. The molecule has 5 nitrogen and oxygen atoms in total. The third-order valence-electron chi connectivity index (χ3n) is 6.53. The first kappa shape index (κ1) is 22.4. The Labute approximate surface area is 191 Å². The van der Waals surface area contributed by atoms with Crippen LogP contribution in [0, 0.1) is 11.8 Å². The zero-order valence-corrected chi connectivity index (χ0v) is 19.5. The van der Waals surface area contributed by atoms with Gasteiger partial charge in [-0.05, 0) is 67.3 Å². The smallest absolute Gasteiger partial charge is 0.230 e. The average Bonchev–Trinajstić information content (AvgIpc) is 3.69. The molecule has 0 spiro atoms. The summed E-state index contributed by atoms with van der Waals surface area (Å²) in [6.07, 6.45) is 5.14. The van der Waals surface area contributed by atoms with Gasteiger partial charge in [0, 0.05) is 44.5 Å². The lowest BCUT2D eigenvalue weighted by molar-refractivity contribution is -0.133. The minimum atomic E-state index is -0.129. The molecular formula is C27H35N3O2. The second kappa shape index (κ2) is 9.76. The third-order valence-corrected chi connectivity index (χ3v) is 6.53. The van der Waals surface area contributed by atoms with Gasteiger partial charge < -0.3 is 15.1 Å². The van der Waals surface area contributed by atoms with E-state index in [1.165, 1.54) is 12.8 Å². The molecule has 170 valence electrons. The van der Waals surface area contributed by atoms with E-state index in [4.69, 9.17) is 0 Å². The van der Waals surface area contributed by atoms with Crippen LogP contribution in [0.2, 0.25) is 0 Å². The topological polar surface area (TPSA) is 52.7 Å². The Hall–Kier alpha value is -2.82. The molecule has 0 aliphatic heterocycles. The summed E-state index contributed by atoms with van der Waals surface area (Å²) >= 11 is 0. The van der Waals surface area contributed by atoms with Crippen LogP contribution >= 0.6 is 0 Å². The van der Waals surface area contributed by atoms with E-state index in [-0.39, 0.29) is 23.7 Å². The number of hydrogen-bond donors (Lipinski definition) is 1. The van der Waals surface area contributed by atoms with Crippen molar-refractivity contribution in [1.82, 2.24) is 4.90 Å². The Morgan fingerprint density at radius 3 is 2.34 bits per heavy atom. The van der Waals surface area contributed by atoms with Crippen molar-refractivity contribution in [2.24, 2.45) is 11.8 Å². The molecule has 0 aromatic heterocycles. The van der Waals surface area contributed by atoms with Gasteiger partial charge in [0.2, 0.25) is 11.8 Å². The SMILES string of the molecule is CCC(C(=O)N(Cc1cc(NC(=O)C2CC2)ccc1N(C)C)CC1CC1)c1ccccc1. The molecule has 0 heterocycles. The van der Waals surface area contributed by atoms with Crippen molar-refractivity contribution >= 4 is 23.2 Å². The van der Waals surface area contributed by atoms with Gasteiger partial charge in [0.25, 0.3) is 0 Å². The van der Waals surface area contributed by atoms with Crippen molar-refractivity contribution in [2.45, 2.75) is 51.5 Å². The predicted molar refractivity (Wildman–Crippen MR) is 130 cm³/mol. The average molecular weight is 434 g/mol. The highest BCUT2D eigenvalue weighted by Gasteiger charge is 2.32. The van der Waals surface area contributed by atoms with Gasteiger partial charge in [0.15, 0.2) is 0 Å². The van der Waals surface area contributed by atoms with Gasteiger partial charge in [-0.3, -0.25) is 9.59 Å². The quantitative estimate of drug-likeness (QED) is 0.571. The molecule has 2 aliphatic carbocycles. The van der Waals surface area contributed by atoms with E-state index in [0.717, 1.165) is 48.3 Å². The second-order valence-corrected chi connectivity index (χ2v) is 9.54. The van der Waals surface area contributed by atoms with Gasteiger partial charge in [0.1, 0.15) is 0 Å². The number of nitrogens with one attached hydrogen (secondary N) is 1. The zero-order valence-electron chi connectivity index (χ0n) is 19.5. The zero-order chi connectivity index (χ0) is 22.7. The molecule has 0 bridgehead atoms. The predicted octanol–water partition coefficient (Wildman–Crippen LogP) is 5.03. The monoisotopic (exact) mass is 433 g/mol. The molecule has 5 heteroatoms. The van der Waals surface area contributed by atoms with E-state index >= 15 is 0 Å². The summed E-state index contributed by atoms with van der Waals surface area (Å²) in [5, 5.41) is 3.06. The summed E-state index contributed by atoms with van der Waals surface area (Å²) < 4.78 is 0. The first-order valence-electron chi connectivity index (χ1n) is 11.9. The number of amides is 2. The Balaban J connectivity index is 1.59. The molecule has 2 saturated carbocycles. The van der Waals surface area contributed by atoms with Crippen molar-refractivity contribution in [1.29, 1.82) is 0 Å². The number of hydrogen-bond acceptors (Lipinski definition) is 3. The van der Waals surface area contributed by atoms with E-state index in [9.17, 15) is 9.59 Å². The fourth-order valence-electron chi connectivity index (χ4n) is 4.32. The Bertz CT molecular complexity index is 949. The van der Waals surface area contributed by atoms with Crippen LogP contribution in [0.3, 0.4) is 0 Å². The van der Waals surface area contributed by atoms with E-state index in [1.54, 1.807) is 0 Å². The molecule has 2 aromatic rings. The van der Waals surface area contributed by atoms with Gasteiger partial charge in [0.05, 0.1) is 5.92 Å². The molecule has 32 heavy (non-hydrogen) atoms. The van der Waals surface area contributed by atoms with Gasteiger partial charge in [-0.25, -0.2) is 0 Å². The maximum atomic E-state index is 13.7. The molecule has 0 radical (unpaired) electrons. The van der Waals surface area contributed by atoms with Crippen LogP contribution in [0.5, 0.6) is 0 Å². The van der Waals surface area contributed by atoms with E-state index in [2.05, 4.69) is 29.3 Å². The number of benzene rings is 2. The van der Waals surface area contributed by atoms with Crippen molar-refractivity contribution in [2.75, 3.05) is 30.9 Å². The highest BCUT2D eigenvalue weighted by molar-refractivity contribution is 5.94. The van der Waals surface area contributed by atoms with Gasteiger partial charge in [-0.2, -0.15) is 0 Å². The highest BCUT2D eigenvalue weighted by atomic mass is 16.2. The van der Waals surface area contributed by atoms with Crippen molar-refractivity contribution < 1.29 is 9.59 Å². The molecular weight excluding hydrogens is 398 g/mol. The minimum Gasteiger partial charge on any atom is -0.377 e. The summed E-state index contributed by atoms with van der Waals surface area (Å²) in [5.74, 6) is 0.941. The van der Waals surface area contributed by atoms with Crippen molar-refractivity contribution in [3.05, 3.63) is 59.7 Å². The summed E-state index contributed by atoms with van der Waals surface area (Å²) in [4.78, 5) is 30.1. The van der Waals surface area contributed by atoms with Crippen LogP contribution in [0.4, 0.5) is 11.4 Å². The Morgan fingerprint density at radius 1 is 1.03 bits per heavy atom. The molecule has 2 amide bonds. The number of carbonyl (C=O) groups excluding carboxylic acids is 2. The normalized spacial score (nSPS) is 16.3. The number of carbonyl (C=O) groups is 2. The summed E-state index contributed by atoms with van der Waals surface area (Å²) in [7, 11) is 4.04. The van der Waals surface area contributed by atoms with Crippen LogP contribution < -0.4 is 10.2 Å². The lowest BCUT2D eigenvalue weighted by atomic mass is 9.94.